The predicted octanol–water partition coefficient (Wildman–Crippen LogP) is 1.14. The van der Waals surface area contributed by atoms with Gasteiger partial charge < -0.3 is 20.1 Å². The van der Waals surface area contributed by atoms with Gasteiger partial charge in [-0.05, 0) is 31.0 Å². The first kappa shape index (κ1) is 22.4. The highest BCUT2D eigenvalue weighted by molar-refractivity contribution is 5.93. The van der Waals surface area contributed by atoms with E-state index in [0.29, 0.717) is 35.8 Å². The number of carbonyl (C=O) groups excluding carboxylic acids is 2. The summed E-state index contributed by atoms with van der Waals surface area (Å²) in [5.74, 6) is 0.492. The summed E-state index contributed by atoms with van der Waals surface area (Å²) in [6.07, 6.45) is 3.24. The maximum Gasteiger partial charge on any atom is 0.291 e. The number of β-amino-alcohol motifs (C(OH)–C–C–N with tert-alkyl or cyclic N) is 1. The molecular formula is C23H22N8O4. The van der Waals surface area contributed by atoms with Crippen molar-refractivity contribution in [3.05, 3.63) is 48.3 Å². The third kappa shape index (κ3) is 4.95. The van der Waals surface area contributed by atoms with Crippen molar-refractivity contribution < 1.29 is 19.4 Å². The lowest BCUT2D eigenvalue weighted by Crippen LogP contribution is -2.51. The molecule has 178 valence electrons. The van der Waals surface area contributed by atoms with E-state index in [2.05, 4.69) is 36.5 Å². The number of anilines is 1. The maximum atomic E-state index is 12.4. The van der Waals surface area contributed by atoms with E-state index < -0.39 is 12.2 Å². The predicted molar refractivity (Wildman–Crippen MR) is 121 cm³/mol. The zero-order valence-corrected chi connectivity index (χ0v) is 18.6. The van der Waals surface area contributed by atoms with Gasteiger partial charge in [-0.15, -0.1) is 0 Å². The standard InChI is InChI=1S/C23H22N8O4/c24-9-15-7-14(16-8-20(26-11-25-16)29-22(33)13-1-2-13)3-4-18(15)35-19-5-6-31(10-17(19)32)23(34)21-27-12-28-30-21/h3-4,7-8,11-13,17,19,32H,1-2,5-6,10H2,(H,27,28,30)(H,25,26,29,33)/t17-,19+/m1/s1. The molecule has 1 saturated carbocycles. The van der Waals surface area contributed by atoms with Gasteiger partial charge in [-0.3, -0.25) is 14.7 Å². The molecular weight excluding hydrogens is 452 g/mol. The maximum absolute atomic E-state index is 12.4. The first-order valence-corrected chi connectivity index (χ1v) is 11.2. The molecule has 3 aromatic rings. The molecule has 2 aliphatic rings. The number of amides is 2. The van der Waals surface area contributed by atoms with Gasteiger partial charge in [0.25, 0.3) is 5.91 Å². The molecule has 2 atom stereocenters. The Labute approximate surface area is 200 Å². The Bertz CT molecular complexity index is 1280. The van der Waals surface area contributed by atoms with Crippen LogP contribution in [0.1, 0.15) is 35.4 Å². The van der Waals surface area contributed by atoms with Gasteiger partial charge in [0.1, 0.15) is 42.5 Å². The molecule has 3 heterocycles. The summed E-state index contributed by atoms with van der Waals surface area (Å²) in [6.45, 7) is 0.429. The van der Waals surface area contributed by atoms with E-state index in [1.807, 2.05) is 0 Å². The molecule has 0 spiro atoms. The lowest BCUT2D eigenvalue weighted by atomic mass is 10.0. The highest BCUT2D eigenvalue weighted by atomic mass is 16.5. The van der Waals surface area contributed by atoms with Crippen LogP contribution in [-0.2, 0) is 4.79 Å². The summed E-state index contributed by atoms with van der Waals surface area (Å²) in [5, 5.41) is 29.3. The number of rotatable bonds is 6. The number of aliphatic hydroxyl groups excluding tert-OH is 1. The largest absolute Gasteiger partial charge is 0.486 e. The highest BCUT2D eigenvalue weighted by Crippen LogP contribution is 2.31. The molecule has 1 aliphatic heterocycles. The average molecular weight is 474 g/mol. The van der Waals surface area contributed by atoms with Crippen LogP contribution in [0.4, 0.5) is 5.82 Å². The Morgan fingerprint density at radius 1 is 1.17 bits per heavy atom. The number of nitriles is 1. The lowest BCUT2D eigenvalue weighted by molar-refractivity contribution is -0.117. The minimum Gasteiger partial charge on any atom is -0.486 e. The van der Waals surface area contributed by atoms with E-state index in [4.69, 9.17) is 4.74 Å². The fourth-order valence-corrected chi connectivity index (χ4v) is 3.89. The van der Waals surface area contributed by atoms with Crippen LogP contribution in [0.15, 0.2) is 36.9 Å². The molecule has 2 amide bonds. The molecule has 1 aromatic carbocycles. The Morgan fingerprint density at radius 2 is 2.03 bits per heavy atom. The molecule has 0 radical (unpaired) electrons. The summed E-state index contributed by atoms with van der Waals surface area (Å²) >= 11 is 0. The van der Waals surface area contributed by atoms with Crippen LogP contribution in [0.2, 0.25) is 0 Å². The van der Waals surface area contributed by atoms with Crippen molar-refractivity contribution in [3.63, 3.8) is 0 Å². The van der Waals surface area contributed by atoms with Crippen molar-refractivity contribution in [2.45, 2.75) is 31.5 Å². The number of aromatic amines is 1. The topological polar surface area (TPSA) is 170 Å². The summed E-state index contributed by atoms with van der Waals surface area (Å²) < 4.78 is 5.97. The van der Waals surface area contributed by atoms with Crippen molar-refractivity contribution in [2.75, 3.05) is 18.4 Å². The van der Waals surface area contributed by atoms with Gasteiger partial charge in [0.15, 0.2) is 0 Å². The summed E-state index contributed by atoms with van der Waals surface area (Å²) in [7, 11) is 0. The number of carbonyl (C=O) groups is 2. The van der Waals surface area contributed by atoms with E-state index in [1.54, 1.807) is 24.3 Å². The summed E-state index contributed by atoms with van der Waals surface area (Å²) in [4.78, 5) is 38.1. The SMILES string of the molecule is N#Cc1cc(-c2cc(NC(=O)C3CC3)ncn2)ccc1O[C@H]1CCN(C(=O)c2ncn[nH]2)C[C@H]1O. The van der Waals surface area contributed by atoms with Crippen molar-refractivity contribution in [1.82, 2.24) is 30.0 Å². The Balaban J connectivity index is 1.27. The lowest BCUT2D eigenvalue weighted by Gasteiger charge is -2.35. The third-order valence-corrected chi connectivity index (χ3v) is 5.97. The number of nitrogens with one attached hydrogen (secondary N) is 2. The van der Waals surface area contributed by atoms with Gasteiger partial charge in [-0.2, -0.15) is 10.4 Å². The number of aliphatic hydroxyl groups is 1. The number of nitrogens with zero attached hydrogens (tertiary/aromatic N) is 6. The van der Waals surface area contributed by atoms with Gasteiger partial charge in [0.05, 0.1) is 17.8 Å². The van der Waals surface area contributed by atoms with Crippen LogP contribution < -0.4 is 10.1 Å². The Morgan fingerprint density at radius 3 is 2.74 bits per heavy atom. The van der Waals surface area contributed by atoms with E-state index in [0.717, 1.165) is 12.8 Å². The zero-order valence-electron chi connectivity index (χ0n) is 18.6. The van der Waals surface area contributed by atoms with Gasteiger partial charge >= 0.3 is 0 Å². The van der Waals surface area contributed by atoms with Gasteiger partial charge in [0.2, 0.25) is 11.7 Å². The van der Waals surface area contributed by atoms with Crippen molar-refractivity contribution >= 4 is 17.6 Å². The molecule has 5 rings (SSSR count). The highest BCUT2D eigenvalue weighted by Gasteiger charge is 2.33. The molecule has 3 N–H and O–H groups in total. The van der Waals surface area contributed by atoms with Crippen LogP contribution >= 0.6 is 0 Å². The zero-order chi connectivity index (χ0) is 24.4. The molecule has 12 nitrogen and oxygen atoms in total. The monoisotopic (exact) mass is 474 g/mol. The molecule has 35 heavy (non-hydrogen) atoms. The summed E-state index contributed by atoms with van der Waals surface area (Å²) in [6, 6.07) is 8.82. The minimum absolute atomic E-state index is 0.0526. The quantitative estimate of drug-likeness (QED) is 0.474. The van der Waals surface area contributed by atoms with Crippen LogP contribution in [0.3, 0.4) is 0 Å². The molecule has 2 fully saturated rings. The first-order chi connectivity index (χ1) is 17.0. The molecule has 0 unspecified atom stereocenters. The fourth-order valence-electron chi connectivity index (χ4n) is 3.89. The number of hydrogen-bond acceptors (Lipinski definition) is 9. The Kier molecular flexibility index (Phi) is 6.07. The molecule has 12 heteroatoms. The second-order valence-electron chi connectivity index (χ2n) is 8.47. The van der Waals surface area contributed by atoms with Crippen molar-refractivity contribution in [2.24, 2.45) is 5.92 Å². The molecule has 0 bridgehead atoms. The van der Waals surface area contributed by atoms with Crippen LogP contribution in [0, 0.1) is 17.2 Å². The van der Waals surface area contributed by atoms with Crippen LogP contribution in [0.5, 0.6) is 5.75 Å². The normalized spacial score (nSPS) is 19.6. The van der Waals surface area contributed by atoms with E-state index in [-0.39, 0.29) is 35.7 Å². The van der Waals surface area contributed by atoms with E-state index >= 15 is 0 Å². The van der Waals surface area contributed by atoms with Gasteiger partial charge in [-0.1, -0.05) is 0 Å². The van der Waals surface area contributed by atoms with Crippen molar-refractivity contribution in [1.29, 1.82) is 5.26 Å². The average Bonchev–Trinajstić information content (AvgIpc) is 3.59. The van der Waals surface area contributed by atoms with E-state index in [1.165, 1.54) is 17.6 Å². The third-order valence-electron chi connectivity index (χ3n) is 5.97. The number of hydrogen-bond donors (Lipinski definition) is 3. The molecule has 1 aliphatic carbocycles. The van der Waals surface area contributed by atoms with Crippen molar-refractivity contribution in [3.8, 4) is 23.1 Å². The molecule has 2 aromatic heterocycles. The van der Waals surface area contributed by atoms with Crippen LogP contribution in [0.25, 0.3) is 11.3 Å². The number of H-pyrrole nitrogens is 1. The van der Waals surface area contributed by atoms with Gasteiger partial charge in [-0.25, -0.2) is 15.0 Å². The summed E-state index contributed by atoms with van der Waals surface area (Å²) in [5.41, 5.74) is 1.48. The second kappa shape index (κ2) is 9.47. The minimum atomic E-state index is -0.943. The number of likely N-dealkylation sites (tertiary alicyclic amines) is 1. The van der Waals surface area contributed by atoms with E-state index in [9.17, 15) is 20.0 Å². The number of piperidine rings is 1. The smallest absolute Gasteiger partial charge is 0.291 e. The first-order valence-electron chi connectivity index (χ1n) is 11.2. The van der Waals surface area contributed by atoms with Crippen LogP contribution in [-0.4, -0.2) is 72.3 Å². The fraction of sp³-hybridized carbons (Fsp3) is 0.348. The number of ether oxygens (including phenoxy) is 1. The second-order valence-corrected chi connectivity index (χ2v) is 8.47. The van der Waals surface area contributed by atoms with Gasteiger partial charge in [0, 0.05) is 30.5 Å². The number of benzene rings is 1. The molecule has 1 saturated heterocycles. The number of aromatic nitrogens is 5. The Hall–Kier alpha value is -4.37.